The maximum atomic E-state index is 13.6. The van der Waals surface area contributed by atoms with Crippen LogP contribution in [0.3, 0.4) is 0 Å². The van der Waals surface area contributed by atoms with Crippen molar-refractivity contribution >= 4 is 5.91 Å². The third-order valence-electron chi connectivity index (χ3n) is 3.29. The molecule has 2 aromatic rings. The van der Waals surface area contributed by atoms with Crippen LogP contribution in [0.25, 0.3) is 0 Å². The highest BCUT2D eigenvalue weighted by Crippen LogP contribution is 2.22. The summed E-state index contributed by atoms with van der Waals surface area (Å²) in [5, 5.41) is 17.5. The number of hydrogen-bond acceptors (Lipinski definition) is 5. The summed E-state index contributed by atoms with van der Waals surface area (Å²) in [6.45, 7) is 0.346. The van der Waals surface area contributed by atoms with Crippen molar-refractivity contribution in [2.24, 2.45) is 0 Å². The average molecular weight is 277 g/mol. The predicted octanol–water partition coefficient (Wildman–Crippen LogP) is -0.130. The molecule has 0 unspecified atom stereocenters. The van der Waals surface area contributed by atoms with Gasteiger partial charge < -0.3 is 10.0 Å². The summed E-state index contributed by atoms with van der Waals surface area (Å²) in [6.07, 6.45) is 3.70. The van der Waals surface area contributed by atoms with Gasteiger partial charge in [-0.25, -0.2) is 14.1 Å². The summed E-state index contributed by atoms with van der Waals surface area (Å²) in [6, 6.07) is 2.22. The molecule has 1 amide bonds. The third-order valence-corrected chi connectivity index (χ3v) is 3.29. The van der Waals surface area contributed by atoms with Crippen molar-refractivity contribution in [3.05, 3.63) is 42.2 Å². The smallest absolute Gasteiger partial charge is 0.275 e. The van der Waals surface area contributed by atoms with Crippen LogP contribution in [0.2, 0.25) is 0 Å². The maximum Gasteiger partial charge on any atom is 0.275 e. The monoisotopic (exact) mass is 277 g/mol. The van der Waals surface area contributed by atoms with Crippen molar-refractivity contribution in [1.82, 2.24) is 24.9 Å². The average Bonchev–Trinajstić information content (AvgIpc) is 3.07. The number of halogens is 1. The first kappa shape index (κ1) is 12.7. The number of β-amino-alcohol motifs (C(OH)–C–C–N with tert-alkyl or cyclic N) is 1. The van der Waals surface area contributed by atoms with E-state index < -0.39 is 17.8 Å². The molecule has 0 saturated carbocycles. The van der Waals surface area contributed by atoms with Gasteiger partial charge in [0.05, 0.1) is 18.3 Å². The molecule has 2 aromatic heterocycles. The van der Waals surface area contributed by atoms with Crippen LogP contribution in [0.5, 0.6) is 0 Å². The van der Waals surface area contributed by atoms with Gasteiger partial charge in [0.25, 0.3) is 5.91 Å². The number of rotatable bonds is 2. The number of likely N-dealkylation sites (tertiary alicyclic amines) is 1. The van der Waals surface area contributed by atoms with Crippen LogP contribution < -0.4 is 0 Å². The van der Waals surface area contributed by atoms with Crippen molar-refractivity contribution < 1.29 is 14.3 Å². The minimum Gasteiger partial charge on any atom is -0.389 e. The molecule has 0 radical (unpaired) electrons. The maximum absolute atomic E-state index is 13.6. The zero-order valence-corrected chi connectivity index (χ0v) is 10.4. The summed E-state index contributed by atoms with van der Waals surface area (Å²) >= 11 is 0. The summed E-state index contributed by atoms with van der Waals surface area (Å²) < 4.78 is 15.1. The molecule has 8 heteroatoms. The van der Waals surface area contributed by atoms with E-state index in [0.717, 1.165) is 0 Å². The Balaban J connectivity index is 1.80. The summed E-state index contributed by atoms with van der Waals surface area (Å²) in [4.78, 5) is 17.3. The second-order valence-corrected chi connectivity index (χ2v) is 4.56. The van der Waals surface area contributed by atoms with Crippen LogP contribution in [-0.4, -0.2) is 55.1 Å². The second kappa shape index (κ2) is 4.97. The lowest BCUT2D eigenvalue weighted by Gasteiger charge is -2.15. The Kier molecular flexibility index (Phi) is 3.15. The van der Waals surface area contributed by atoms with E-state index in [-0.39, 0.29) is 24.8 Å². The molecule has 20 heavy (non-hydrogen) atoms. The molecule has 0 bridgehead atoms. The lowest BCUT2D eigenvalue weighted by molar-refractivity contribution is 0.0754. The molecular formula is C12H12FN5O2. The van der Waals surface area contributed by atoms with Crippen LogP contribution in [0.4, 0.5) is 4.39 Å². The summed E-state index contributed by atoms with van der Waals surface area (Å²) in [5.74, 6) is -1.21. The van der Waals surface area contributed by atoms with Gasteiger partial charge in [0, 0.05) is 25.5 Å². The van der Waals surface area contributed by atoms with Crippen LogP contribution in [0.1, 0.15) is 16.5 Å². The van der Waals surface area contributed by atoms with Gasteiger partial charge in [-0.05, 0) is 12.1 Å². The molecule has 1 saturated heterocycles. The predicted molar refractivity (Wildman–Crippen MR) is 65.2 cm³/mol. The first-order valence-electron chi connectivity index (χ1n) is 6.10. The van der Waals surface area contributed by atoms with E-state index in [1.165, 1.54) is 34.1 Å². The minimum atomic E-state index is -0.771. The van der Waals surface area contributed by atoms with Crippen LogP contribution in [-0.2, 0) is 0 Å². The molecule has 1 aliphatic heterocycles. The van der Waals surface area contributed by atoms with E-state index in [1.54, 1.807) is 6.20 Å². The molecule has 7 nitrogen and oxygen atoms in total. The van der Waals surface area contributed by atoms with E-state index >= 15 is 0 Å². The quantitative estimate of drug-likeness (QED) is 0.826. The van der Waals surface area contributed by atoms with Gasteiger partial charge >= 0.3 is 0 Å². The Bertz CT molecular complexity index is 618. The van der Waals surface area contributed by atoms with Crippen molar-refractivity contribution in [1.29, 1.82) is 0 Å². The number of hydrogen-bond donors (Lipinski definition) is 1. The number of carbonyl (C=O) groups is 1. The summed E-state index contributed by atoms with van der Waals surface area (Å²) in [5.41, 5.74) is -0.237. The molecular weight excluding hydrogens is 265 g/mol. The second-order valence-electron chi connectivity index (χ2n) is 4.56. The Hall–Kier alpha value is -2.35. The highest BCUT2D eigenvalue weighted by molar-refractivity contribution is 5.92. The highest BCUT2D eigenvalue weighted by Gasteiger charge is 2.37. The molecule has 0 aliphatic carbocycles. The Morgan fingerprint density at radius 3 is 2.95 bits per heavy atom. The first-order chi connectivity index (χ1) is 9.66. The van der Waals surface area contributed by atoms with E-state index in [1.807, 2.05) is 0 Å². The third kappa shape index (κ3) is 2.14. The van der Waals surface area contributed by atoms with E-state index in [9.17, 15) is 14.3 Å². The number of pyridine rings is 1. The standard InChI is InChI=1S/C12H12FN5O2/c13-8-2-1-3-14-11(8)12(20)17-6-9(10(19)7-17)18-5-4-15-16-18/h1-5,9-10,19H,6-7H2/t9-,10-/m1/s1. The van der Waals surface area contributed by atoms with Crippen LogP contribution >= 0.6 is 0 Å². The number of aliphatic hydroxyl groups is 1. The molecule has 0 spiro atoms. The first-order valence-corrected chi connectivity index (χ1v) is 6.10. The molecule has 1 N–H and O–H groups in total. The van der Waals surface area contributed by atoms with Gasteiger partial charge in [-0.2, -0.15) is 0 Å². The molecule has 104 valence electrons. The van der Waals surface area contributed by atoms with E-state index in [4.69, 9.17) is 0 Å². The number of nitrogens with zero attached hydrogens (tertiary/aromatic N) is 5. The topological polar surface area (TPSA) is 84.1 Å². The normalized spacial score (nSPS) is 22.2. The van der Waals surface area contributed by atoms with Gasteiger partial charge in [0.2, 0.25) is 0 Å². The summed E-state index contributed by atoms with van der Waals surface area (Å²) in [7, 11) is 0. The number of amides is 1. The molecule has 1 fully saturated rings. The van der Waals surface area contributed by atoms with Crippen molar-refractivity contribution in [2.75, 3.05) is 13.1 Å². The SMILES string of the molecule is O=C(c1ncccc1F)N1C[C@@H](O)[C@H](n2ccnn2)C1. The van der Waals surface area contributed by atoms with Crippen molar-refractivity contribution in [3.8, 4) is 0 Å². The van der Waals surface area contributed by atoms with Gasteiger partial charge in [0.1, 0.15) is 0 Å². The number of aromatic nitrogens is 4. The highest BCUT2D eigenvalue weighted by atomic mass is 19.1. The molecule has 2 atom stereocenters. The number of aliphatic hydroxyl groups excluding tert-OH is 1. The largest absolute Gasteiger partial charge is 0.389 e. The fourth-order valence-electron chi connectivity index (χ4n) is 2.28. The van der Waals surface area contributed by atoms with Crippen molar-refractivity contribution in [3.63, 3.8) is 0 Å². The Morgan fingerprint density at radius 2 is 2.25 bits per heavy atom. The zero-order chi connectivity index (χ0) is 14.1. The van der Waals surface area contributed by atoms with Gasteiger partial charge in [-0.15, -0.1) is 5.10 Å². The minimum absolute atomic E-state index is 0.110. The van der Waals surface area contributed by atoms with Crippen molar-refractivity contribution in [2.45, 2.75) is 12.1 Å². The Morgan fingerprint density at radius 1 is 1.40 bits per heavy atom. The fourth-order valence-corrected chi connectivity index (χ4v) is 2.28. The molecule has 1 aliphatic rings. The Labute approximate surface area is 113 Å². The van der Waals surface area contributed by atoms with Crippen LogP contribution in [0, 0.1) is 5.82 Å². The lowest BCUT2D eigenvalue weighted by atomic mass is 10.2. The van der Waals surface area contributed by atoms with Gasteiger partial charge in [0.15, 0.2) is 11.5 Å². The van der Waals surface area contributed by atoms with E-state index in [2.05, 4.69) is 15.3 Å². The number of carbonyl (C=O) groups excluding carboxylic acids is 1. The molecule has 3 heterocycles. The van der Waals surface area contributed by atoms with Gasteiger partial charge in [-0.1, -0.05) is 5.21 Å². The molecule has 3 rings (SSSR count). The van der Waals surface area contributed by atoms with E-state index in [0.29, 0.717) is 0 Å². The van der Waals surface area contributed by atoms with Crippen LogP contribution in [0.15, 0.2) is 30.7 Å². The lowest BCUT2D eigenvalue weighted by Crippen LogP contribution is -2.31. The zero-order valence-electron chi connectivity index (χ0n) is 10.4. The molecule has 0 aromatic carbocycles. The fraction of sp³-hybridized carbons (Fsp3) is 0.333. The van der Waals surface area contributed by atoms with Gasteiger partial charge in [-0.3, -0.25) is 4.79 Å².